The van der Waals surface area contributed by atoms with Crippen LogP contribution in [0.15, 0.2) is 42.5 Å². The Kier molecular flexibility index (Phi) is 6.42. The summed E-state index contributed by atoms with van der Waals surface area (Å²) in [5, 5.41) is 3.10. The lowest BCUT2D eigenvalue weighted by atomic mass is 10.1. The summed E-state index contributed by atoms with van der Waals surface area (Å²) in [6.07, 6.45) is 0.260. The molecule has 2 amide bonds. The summed E-state index contributed by atoms with van der Waals surface area (Å²) in [5.41, 5.74) is 3.15. The number of quaternary nitrogens is 1. The number of amides is 2. The molecule has 1 saturated heterocycles. The average molecular weight is 425 g/mol. The number of benzene rings is 2. The number of carbonyl (C=O) groups is 2. The first-order valence-corrected chi connectivity index (χ1v) is 10.9. The number of piperazine rings is 1. The van der Waals surface area contributed by atoms with Crippen LogP contribution in [0.1, 0.15) is 18.1 Å². The van der Waals surface area contributed by atoms with Crippen LogP contribution in [0.2, 0.25) is 0 Å². The van der Waals surface area contributed by atoms with Crippen LogP contribution in [0.4, 0.5) is 5.69 Å². The molecule has 0 saturated carbocycles. The van der Waals surface area contributed by atoms with E-state index in [1.807, 2.05) is 48.2 Å². The number of anilines is 1. The van der Waals surface area contributed by atoms with E-state index in [0.717, 1.165) is 36.3 Å². The summed E-state index contributed by atoms with van der Waals surface area (Å²) in [6.45, 7) is 7.40. The second-order valence-corrected chi connectivity index (χ2v) is 8.13. The fourth-order valence-electron chi connectivity index (χ4n) is 4.18. The fourth-order valence-corrected chi connectivity index (χ4v) is 4.18. The van der Waals surface area contributed by atoms with Crippen molar-refractivity contribution < 1.29 is 24.0 Å². The highest BCUT2D eigenvalue weighted by atomic mass is 16.6. The van der Waals surface area contributed by atoms with Crippen LogP contribution >= 0.6 is 0 Å². The number of para-hydroxylation sites is 3. The minimum atomic E-state index is -0.617. The number of hydrogen-bond donors (Lipinski definition) is 2. The lowest BCUT2D eigenvalue weighted by Crippen LogP contribution is -3.15. The molecule has 2 aliphatic heterocycles. The molecule has 2 aromatic carbocycles. The normalized spacial score (nSPS) is 18.5. The maximum atomic E-state index is 12.9. The fraction of sp³-hybridized carbons (Fsp3) is 0.417. The highest BCUT2D eigenvalue weighted by Gasteiger charge is 2.34. The third-order valence-electron chi connectivity index (χ3n) is 5.98. The van der Waals surface area contributed by atoms with Gasteiger partial charge in [0.25, 0.3) is 11.8 Å². The Labute approximate surface area is 182 Å². The van der Waals surface area contributed by atoms with Crippen molar-refractivity contribution >= 4 is 17.5 Å². The molecule has 1 atom stereocenters. The smallest absolute Gasteiger partial charge is 0.279 e. The summed E-state index contributed by atoms with van der Waals surface area (Å²) in [6, 6.07) is 13.5. The molecule has 7 heteroatoms. The Hall–Kier alpha value is -3.06. The van der Waals surface area contributed by atoms with Gasteiger partial charge in [0, 0.05) is 5.69 Å². The molecule has 1 fully saturated rings. The van der Waals surface area contributed by atoms with Gasteiger partial charge in [0.15, 0.2) is 18.0 Å². The monoisotopic (exact) mass is 424 g/mol. The zero-order chi connectivity index (χ0) is 21.8. The molecule has 164 valence electrons. The SMILES string of the molecule is CCc1cccc(C)c1NC(=O)C[NH+]1CCN(C(=O)[C@H]2COc3ccccc3O2)CC1. The molecule has 2 aliphatic rings. The van der Waals surface area contributed by atoms with Gasteiger partial charge in [-0.05, 0) is 36.6 Å². The first-order valence-electron chi connectivity index (χ1n) is 10.9. The Balaban J connectivity index is 1.27. The average Bonchev–Trinajstić information content (AvgIpc) is 2.80. The van der Waals surface area contributed by atoms with Crippen LogP contribution in [-0.4, -0.2) is 62.1 Å². The highest BCUT2D eigenvalue weighted by Crippen LogP contribution is 2.31. The summed E-state index contributed by atoms with van der Waals surface area (Å²) in [7, 11) is 0. The van der Waals surface area contributed by atoms with E-state index in [4.69, 9.17) is 9.47 Å². The van der Waals surface area contributed by atoms with Crippen molar-refractivity contribution in [2.24, 2.45) is 0 Å². The molecule has 7 nitrogen and oxygen atoms in total. The van der Waals surface area contributed by atoms with Crippen LogP contribution in [-0.2, 0) is 16.0 Å². The largest absolute Gasteiger partial charge is 0.485 e. The van der Waals surface area contributed by atoms with Crippen LogP contribution < -0.4 is 19.7 Å². The van der Waals surface area contributed by atoms with Crippen molar-refractivity contribution in [3.8, 4) is 11.5 Å². The second-order valence-electron chi connectivity index (χ2n) is 8.13. The van der Waals surface area contributed by atoms with E-state index in [0.29, 0.717) is 31.1 Å². The van der Waals surface area contributed by atoms with E-state index in [1.165, 1.54) is 4.90 Å². The summed E-state index contributed by atoms with van der Waals surface area (Å²) in [4.78, 5) is 28.5. The van der Waals surface area contributed by atoms with E-state index in [-0.39, 0.29) is 18.4 Å². The molecule has 0 unspecified atom stereocenters. The quantitative estimate of drug-likeness (QED) is 0.753. The predicted octanol–water partition coefficient (Wildman–Crippen LogP) is 1.06. The van der Waals surface area contributed by atoms with E-state index < -0.39 is 6.10 Å². The van der Waals surface area contributed by atoms with Gasteiger partial charge in [-0.2, -0.15) is 0 Å². The Morgan fingerprint density at radius 3 is 2.58 bits per heavy atom. The zero-order valence-corrected chi connectivity index (χ0v) is 18.1. The minimum Gasteiger partial charge on any atom is -0.485 e. The van der Waals surface area contributed by atoms with Crippen LogP contribution in [0.3, 0.4) is 0 Å². The van der Waals surface area contributed by atoms with Crippen LogP contribution in [0, 0.1) is 6.92 Å². The zero-order valence-electron chi connectivity index (χ0n) is 18.1. The number of carbonyl (C=O) groups excluding carboxylic acids is 2. The van der Waals surface area contributed by atoms with E-state index >= 15 is 0 Å². The molecule has 2 aromatic rings. The molecule has 2 heterocycles. The van der Waals surface area contributed by atoms with Crippen molar-refractivity contribution in [3.05, 3.63) is 53.6 Å². The molecule has 0 radical (unpaired) electrons. The predicted molar refractivity (Wildman–Crippen MR) is 118 cm³/mol. The third-order valence-corrected chi connectivity index (χ3v) is 5.98. The van der Waals surface area contributed by atoms with E-state index in [1.54, 1.807) is 0 Å². The van der Waals surface area contributed by atoms with E-state index in [9.17, 15) is 9.59 Å². The highest BCUT2D eigenvalue weighted by molar-refractivity contribution is 5.93. The standard InChI is InChI=1S/C24H29N3O4/c1-3-18-8-6-7-17(2)23(18)25-22(28)15-26-11-13-27(14-12-26)24(29)21-16-30-19-9-4-5-10-20(19)31-21/h4-10,21H,3,11-16H2,1-2H3,(H,25,28)/p+1/t21-/m1/s1. The first kappa shape index (κ1) is 21.2. The Morgan fingerprint density at radius 2 is 1.84 bits per heavy atom. The van der Waals surface area contributed by atoms with Crippen LogP contribution in [0.5, 0.6) is 11.5 Å². The number of rotatable bonds is 5. The van der Waals surface area contributed by atoms with E-state index in [2.05, 4.69) is 18.3 Å². The van der Waals surface area contributed by atoms with Crippen molar-refractivity contribution in [1.29, 1.82) is 0 Å². The molecule has 0 aromatic heterocycles. The molecular formula is C24H30N3O4+. The van der Waals surface area contributed by atoms with Gasteiger partial charge in [0.2, 0.25) is 6.10 Å². The van der Waals surface area contributed by atoms with Gasteiger partial charge < -0.3 is 24.6 Å². The van der Waals surface area contributed by atoms with Crippen molar-refractivity contribution in [1.82, 2.24) is 4.90 Å². The number of nitrogens with zero attached hydrogens (tertiary/aromatic N) is 1. The minimum absolute atomic E-state index is 0.0133. The topological polar surface area (TPSA) is 72.3 Å². The number of ether oxygens (including phenoxy) is 2. The molecule has 0 aliphatic carbocycles. The van der Waals surface area contributed by atoms with Gasteiger partial charge in [0.05, 0.1) is 26.2 Å². The molecular weight excluding hydrogens is 394 g/mol. The molecule has 31 heavy (non-hydrogen) atoms. The van der Waals surface area contributed by atoms with Crippen LogP contribution in [0.25, 0.3) is 0 Å². The summed E-state index contributed by atoms with van der Waals surface area (Å²) in [5.74, 6) is 1.24. The Morgan fingerprint density at radius 1 is 1.10 bits per heavy atom. The van der Waals surface area contributed by atoms with Crippen molar-refractivity contribution in [2.45, 2.75) is 26.4 Å². The van der Waals surface area contributed by atoms with Crippen molar-refractivity contribution in [3.63, 3.8) is 0 Å². The number of aryl methyl sites for hydroxylation is 2. The lowest BCUT2D eigenvalue weighted by molar-refractivity contribution is -0.895. The lowest BCUT2D eigenvalue weighted by Gasteiger charge is -2.35. The molecule has 4 rings (SSSR count). The third kappa shape index (κ3) is 4.82. The van der Waals surface area contributed by atoms with Gasteiger partial charge in [-0.3, -0.25) is 9.59 Å². The molecule has 0 spiro atoms. The maximum absolute atomic E-state index is 12.9. The molecule has 2 N–H and O–H groups in total. The van der Waals surface area contributed by atoms with Gasteiger partial charge in [-0.15, -0.1) is 0 Å². The summed E-state index contributed by atoms with van der Waals surface area (Å²) < 4.78 is 11.5. The second kappa shape index (κ2) is 9.39. The number of nitrogens with one attached hydrogen (secondary N) is 2. The summed E-state index contributed by atoms with van der Waals surface area (Å²) >= 11 is 0. The first-order chi connectivity index (χ1) is 15.0. The van der Waals surface area contributed by atoms with Gasteiger partial charge in [0.1, 0.15) is 6.61 Å². The molecule has 0 bridgehead atoms. The Bertz CT molecular complexity index is 954. The van der Waals surface area contributed by atoms with Gasteiger partial charge in [-0.25, -0.2) is 0 Å². The number of hydrogen-bond acceptors (Lipinski definition) is 4. The maximum Gasteiger partial charge on any atom is 0.279 e. The van der Waals surface area contributed by atoms with Gasteiger partial charge in [-0.1, -0.05) is 37.3 Å². The number of fused-ring (bicyclic) bond motifs is 1. The van der Waals surface area contributed by atoms with Crippen molar-refractivity contribution in [2.75, 3.05) is 44.6 Å². The van der Waals surface area contributed by atoms with Gasteiger partial charge >= 0.3 is 0 Å².